The van der Waals surface area contributed by atoms with E-state index in [0.29, 0.717) is 0 Å². The zero-order chi connectivity index (χ0) is 20.1. The van der Waals surface area contributed by atoms with E-state index >= 15 is 0 Å². The van der Waals surface area contributed by atoms with Crippen LogP contribution in [0.2, 0.25) is 0 Å². The summed E-state index contributed by atoms with van der Waals surface area (Å²) < 4.78 is 0. The summed E-state index contributed by atoms with van der Waals surface area (Å²) in [5, 5.41) is 15.3. The first kappa shape index (κ1) is 19.0. The van der Waals surface area contributed by atoms with Crippen LogP contribution in [0, 0.1) is 6.92 Å². The van der Waals surface area contributed by atoms with Gasteiger partial charge in [0.1, 0.15) is 5.60 Å². The van der Waals surface area contributed by atoms with Crippen molar-refractivity contribution in [2.75, 3.05) is 5.32 Å². The molecule has 0 aliphatic rings. The number of benzene rings is 4. The molecule has 4 rings (SSSR count). The minimum atomic E-state index is -1.20. The Kier molecular flexibility index (Phi) is 5.46. The molecule has 0 atom stereocenters. The summed E-state index contributed by atoms with van der Waals surface area (Å²) in [5.41, 5.74) is 4.88. The number of anilines is 1. The highest BCUT2D eigenvalue weighted by molar-refractivity contribution is 5.52. The highest BCUT2D eigenvalue weighted by Crippen LogP contribution is 2.36. The lowest BCUT2D eigenvalue weighted by molar-refractivity contribution is 0.126. The molecule has 0 spiro atoms. The number of nitrogens with one attached hydrogen (secondary N) is 1. The highest BCUT2D eigenvalue weighted by atomic mass is 16.3. The molecule has 0 bridgehead atoms. The van der Waals surface area contributed by atoms with E-state index in [-0.39, 0.29) is 0 Å². The van der Waals surface area contributed by atoms with Gasteiger partial charge < -0.3 is 10.4 Å². The van der Waals surface area contributed by atoms with Crippen LogP contribution < -0.4 is 5.32 Å². The van der Waals surface area contributed by atoms with E-state index in [1.807, 2.05) is 84.9 Å². The molecule has 4 aromatic carbocycles. The normalized spacial score (nSPS) is 11.2. The van der Waals surface area contributed by atoms with Crippen molar-refractivity contribution >= 4 is 5.69 Å². The third kappa shape index (κ3) is 4.08. The van der Waals surface area contributed by atoms with Crippen LogP contribution in [0.4, 0.5) is 5.69 Å². The minimum Gasteiger partial charge on any atom is -0.381 e. The molecule has 2 N–H and O–H groups in total. The number of aryl methyl sites for hydroxylation is 1. The lowest BCUT2D eigenvalue weighted by Crippen LogP contribution is -2.28. The van der Waals surface area contributed by atoms with Crippen LogP contribution in [-0.4, -0.2) is 5.11 Å². The fourth-order valence-corrected chi connectivity index (χ4v) is 3.60. The fraction of sp³-hybridized carbons (Fsp3) is 0.111. The maximum Gasteiger partial charge on any atom is 0.140 e. The van der Waals surface area contributed by atoms with E-state index in [4.69, 9.17) is 0 Å². The first-order valence-corrected chi connectivity index (χ1v) is 9.89. The molecule has 0 aliphatic carbocycles. The number of rotatable bonds is 6. The van der Waals surface area contributed by atoms with Gasteiger partial charge in [0.05, 0.1) is 0 Å². The van der Waals surface area contributed by atoms with E-state index in [2.05, 4.69) is 36.5 Å². The van der Waals surface area contributed by atoms with Crippen LogP contribution >= 0.6 is 0 Å². The second-order valence-electron chi connectivity index (χ2n) is 7.36. The molecular weight excluding hydrogens is 354 g/mol. The monoisotopic (exact) mass is 379 g/mol. The standard InChI is InChI=1S/C27H25NO/c1-21-12-14-22(15-13-21)20-28-26-18-16-25(17-19-26)27(29,23-8-4-2-5-9-23)24-10-6-3-7-11-24/h2-19,28-29H,20H2,1H3. The van der Waals surface area contributed by atoms with Crippen LogP contribution in [0.15, 0.2) is 109 Å². The lowest BCUT2D eigenvalue weighted by Gasteiger charge is -2.30. The topological polar surface area (TPSA) is 32.3 Å². The Labute approximate surface area is 172 Å². The van der Waals surface area contributed by atoms with Crippen LogP contribution in [0.5, 0.6) is 0 Å². The van der Waals surface area contributed by atoms with Gasteiger partial charge in [-0.3, -0.25) is 0 Å². The first-order valence-electron chi connectivity index (χ1n) is 9.89. The minimum absolute atomic E-state index is 0.765. The summed E-state index contributed by atoms with van der Waals surface area (Å²) in [6.07, 6.45) is 0. The zero-order valence-electron chi connectivity index (χ0n) is 16.5. The third-order valence-corrected chi connectivity index (χ3v) is 5.30. The Morgan fingerprint density at radius 3 is 1.62 bits per heavy atom. The van der Waals surface area contributed by atoms with Crippen LogP contribution in [-0.2, 0) is 12.1 Å². The van der Waals surface area contributed by atoms with Crippen molar-refractivity contribution in [2.45, 2.75) is 19.1 Å². The molecule has 0 aliphatic heterocycles. The molecule has 0 amide bonds. The molecule has 0 radical (unpaired) electrons. The maximum absolute atomic E-state index is 11.8. The Morgan fingerprint density at radius 2 is 1.10 bits per heavy atom. The van der Waals surface area contributed by atoms with Crippen molar-refractivity contribution in [1.82, 2.24) is 0 Å². The molecule has 4 aromatic rings. The Morgan fingerprint density at radius 1 is 0.621 bits per heavy atom. The van der Waals surface area contributed by atoms with Crippen molar-refractivity contribution in [3.8, 4) is 0 Å². The van der Waals surface area contributed by atoms with Gasteiger partial charge in [0.25, 0.3) is 0 Å². The van der Waals surface area contributed by atoms with E-state index in [1.165, 1.54) is 11.1 Å². The summed E-state index contributed by atoms with van der Waals surface area (Å²) in [5.74, 6) is 0. The molecule has 2 nitrogen and oxygen atoms in total. The van der Waals surface area contributed by atoms with Gasteiger partial charge in [-0.2, -0.15) is 0 Å². The van der Waals surface area contributed by atoms with Crippen molar-refractivity contribution in [2.24, 2.45) is 0 Å². The molecular formula is C27H25NO. The SMILES string of the molecule is Cc1ccc(CNc2ccc(C(O)(c3ccccc3)c3ccccc3)cc2)cc1. The second-order valence-corrected chi connectivity index (χ2v) is 7.36. The van der Waals surface area contributed by atoms with Crippen LogP contribution in [0.25, 0.3) is 0 Å². The van der Waals surface area contributed by atoms with E-state index in [0.717, 1.165) is 28.9 Å². The van der Waals surface area contributed by atoms with Gasteiger partial charge in [0.2, 0.25) is 0 Å². The van der Waals surface area contributed by atoms with Gasteiger partial charge in [0, 0.05) is 12.2 Å². The molecule has 29 heavy (non-hydrogen) atoms. The summed E-state index contributed by atoms with van der Waals surface area (Å²) in [7, 11) is 0. The average molecular weight is 380 g/mol. The van der Waals surface area contributed by atoms with E-state index < -0.39 is 5.60 Å². The van der Waals surface area contributed by atoms with E-state index in [1.54, 1.807) is 0 Å². The van der Waals surface area contributed by atoms with Gasteiger partial charge in [-0.15, -0.1) is 0 Å². The number of hydrogen-bond acceptors (Lipinski definition) is 2. The van der Waals surface area contributed by atoms with Crippen LogP contribution in [0.3, 0.4) is 0 Å². The molecule has 0 aromatic heterocycles. The van der Waals surface area contributed by atoms with Crippen molar-refractivity contribution in [3.63, 3.8) is 0 Å². The molecule has 144 valence electrons. The highest BCUT2D eigenvalue weighted by Gasteiger charge is 2.33. The second kappa shape index (κ2) is 8.34. The molecule has 0 saturated carbocycles. The predicted molar refractivity (Wildman–Crippen MR) is 120 cm³/mol. The fourth-order valence-electron chi connectivity index (χ4n) is 3.60. The third-order valence-electron chi connectivity index (χ3n) is 5.30. The van der Waals surface area contributed by atoms with Gasteiger partial charge in [0.15, 0.2) is 0 Å². The predicted octanol–water partition coefficient (Wildman–Crippen LogP) is 5.89. The summed E-state index contributed by atoms with van der Waals surface area (Å²) in [6.45, 7) is 2.86. The van der Waals surface area contributed by atoms with E-state index in [9.17, 15) is 5.11 Å². The Hall–Kier alpha value is -3.36. The zero-order valence-corrected chi connectivity index (χ0v) is 16.5. The maximum atomic E-state index is 11.8. The van der Waals surface area contributed by atoms with Crippen molar-refractivity contribution in [3.05, 3.63) is 137 Å². The Bertz CT molecular complexity index is 1000. The van der Waals surface area contributed by atoms with Gasteiger partial charge in [-0.1, -0.05) is 103 Å². The Balaban J connectivity index is 1.61. The molecule has 2 heteroatoms. The van der Waals surface area contributed by atoms with Gasteiger partial charge in [-0.25, -0.2) is 0 Å². The van der Waals surface area contributed by atoms with Gasteiger partial charge in [-0.05, 0) is 41.3 Å². The first-order chi connectivity index (χ1) is 14.2. The quantitative estimate of drug-likeness (QED) is 0.409. The van der Waals surface area contributed by atoms with Crippen molar-refractivity contribution < 1.29 is 5.11 Å². The summed E-state index contributed by atoms with van der Waals surface area (Å²) in [6, 6.07) is 36.2. The summed E-state index contributed by atoms with van der Waals surface area (Å²) >= 11 is 0. The average Bonchev–Trinajstić information content (AvgIpc) is 2.80. The van der Waals surface area contributed by atoms with Gasteiger partial charge >= 0.3 is 0 Å². The molecule has 0 heterocycles. The lowest BCUT2D eigenvalue weighted by atomic mass is 9.80. The van der Waals surface area contributed by atoms with Crippen molar-refractivity contribution in [1.29, 1.82) is 0 Å². The molecule has 0 fully saturated rings. The number of hydrogen-bond donors (Lipinski definition) is 2. The smallest absolute Gasteiger partial charge is 0.140 e. The molecule has 0 unspecified atom stereocenters. The van der Waals surface area contributed by atoms with Crippen LogP contribution in [0.1, 0.15) is 27.8 Å². The largest absolute Gasteiger partial charge is 0.381 e. The molecule has 0 saturated heterocycles. The summed E-state index contributed by atoms with van der Waals surface area (Å²) in [4.78, 5) is 0. The number of aliphatic hydroxyl groups is 1.